The van der Waals surface area contributed by atoms with Crippen LogP contribution in [0.1, 0.15) is 51.5 Å². The third kappa shape index (κ3) is 10.2. The van der Waals surface area contributed by atoms with Crippen molar-refractivity contribution in [2.45, 2.75) is 64.5 Å². The van der Waals surface area contributed by atoms with Gasteiger partial charge in [0, 0.05) is 24.6 Å². The van der Waals surface area contributed by atoms with E-state index in [0.717, 1.165) is 10.9 Å². The lowest BCUT2D eigenvalue weighted by atomic mass is 10.0. The lowest BCUT2D eigenvalue weighted by molar-refractivity contribution is -0.142. The van der Waals surface area contributed by atoms with Gasteiger partial charge in [0.05, 0.1) is 0 Å². The number of carbonyl (C=O) groups is 4. The topological polar surface area (TPSA) is 113 Å². The molecule has 0 aliphatic rings. The van der Waals surface area contributed by atoms with Crippen LogP contribution in [0.5, 0.6) is 0 Å². The molecule has 0 aliphatic heterocycles. The summed E-state index contributed by atoms with van der Waals surface area (Å²) in [7, 11) is 0. The van der Waals surface area contributed by atoms with Crippen LogP contribution in [-0.4, -0.2) is 46.1 Å². The smallest absolute Gasteiger partial charge is 0.326 e. The Kier molecular flexibility index (Phi) is 11.5. The van der Waals surface area contributed by atoms with E-state index in [4.69, 9.17) is 0 Å². The van der Waals surface area contributed by atoms with E-state index in [9.17, 15) is 24.3 Å². The lowest BCUT2D eigenvalue weighted by Gasteiger charge is -2.23. The molecule has 0 fully saturated rings. The first kappa shape index (κ1) is 25.4. The fraction of sp³-hybridized carbons (Fsp3) is 0.500. The number of benzene rings is 1. The SMILES string of the molecule is CC(C)C[C@H](NC(=O)CCCCC(=O)C=S)C(=O)N[C@@H](Cc1ccccc1)C(=O)O. The summed E-state index contributed by atoms with van der Waals surface area (Å²) >= 11 is 4.56. The number of hydrogen-bond donors (Lipinski definition) is 3. The highest BCUT2D eigenvalue weighted by Gasteiger charge is 2.27. The first-order valence-corrected chi connectivity index (χ1v) is 10.5. The molecular weight excluding hydrogens is 404 g/mol. The third-order valence-electron chi connectivity index (χ3n) is 4.46. The summed E-state index contributed by atoms with van der Waals surface area (Å²) in [5, 5.41) is 15.8. The number of amides is 2. The summed E-state index contributed by atoms with van der Waals surface area (Å²) < 4.78 is 0. The van der Waals surface area contributed by atoms with Gasteiger partial charge in [-0.1, -0.05) is 56.4 Å². The normalized spacial score (nSPS) is 12.6. The summed E-state index contributed by atoms with van der Waals surface area (Å²) in [5.74, 6) is -1.97. The van der Waals surface area contributed by atoms with Crippen LogP contribution in [-0.2, 0) is 25.6 Å². The molecule has 1 rings (SSSR count). The number of Topliss-reactive ketones (excluding diaryl/α,β-unsaturated/α-hetero) is 1. The molecule has 0 spiro atoms. The van der Waals surface area contributed by atoms with Crippen LogP contribution < -0.4 is 10.6 Å². The van der Waals surface area contributed by atoms with E-state index in [2.05, 4.69) is 22.9 Å². The van der Waals surface area contributed by atoms with E-state index in [0.29, 0.717) is 25.7 Å². The van der Waals surface area contributed by atoms with Crippen molar-refractivity contribution in [3.63, 3.8) is 0 Å². The molecule has 0 aliphatic carbocycles. The van der Waals surface area contributed by atoms with Crippen molar-refractivity contribution in [1.82, 2.24) is 10.6 Å². The molecule has 2 amide bonds. The molecule has 1 aromatic carbocycles. The van der Waals surface area contributed by atoms with E-state index in [1.165, 1.54) is 0 Å². The van der Waals surface area contributed by atoms with Crippen LogP contribution in [0, 0.1) is 5.92 Å². The van der Waals surface area contributed by atoms with Crippen LogP contribution >= 0.6 is 12.2 Å². The first-order chi connectivity index (χ1) is 14.2. The standard InChI is InChI=1S/C22H30N2O5S/c1-15(2)12-18(23-20(26)11-7-6-10-17(25)14-30)21(27)24-19(22(28)29)13-16-8-4-3-5-9-16/h3-5,8-9,14-15,18-19H,6-7,10-13H2,1-2H3,(H,23,26)(H,24,27)(H,28,29)/t18-,19-/m0/s1. The second kappa shape index (κ2) is 13.6. The van der Waals surface area contributed by atoms with Gasteiger partial charge in [-0.3, -0.25) is 14.4 Å². The maximum absolute atomic E-state index is 12.7. The molecule has 3 N–H and O–H groups in total. The number of thiocarbonyl (C=S) groups is 1. The predicted octanol–water partition coefficient (Wildman–Crippen LogP) is 2.46. The van der Waals surface area contributed by atoms with Crippen LogP contribution in [0.3, 0.4) is 0 Å². The van der Waals surface area contributed by atoms with Gasteiger partial charge in [-0.15, -0.1) is 0 Å². The fourth-order valence-corrected chi connectivity index (χ4v) is 3.05. The Hall–Kier alpha value is -2.61. The lowest BCUT2D eigenvalue weighted by Crippen LogP contribution is -2.52. The quantitative estimate of drug-likeness (QED) is 0.306. The summed E-state index contributed by atoms with van der Waals surface area (Å²) in [6.45, 7) is 3.84. The van der Waals surface area contributed by atoms with Crippen LogP contribution in [0.25, 0.3) is 0 Å². The first-order valence-electron chi connectivity index (χ1n) is 10.1. The van der Waals surface area contributed by atoms with Gasteiger partial charge in [0.2, 0.25) is 11.8 Å². The highest BCUT2D eigenvalue weighted by Crippen LogP contribution is 2.09. The van der Waals surface area contributed by atoms with Gasteiger partial charge in [0.25, 0.3) is 0 Å². The van der Waals surface area contributed by atoms with Crippen LogP contribution in [0.2, 0.25) is 0 Å². The van der Waals surface area contributed by atoms with Gasteiger partial charge in [-0.2, -0.15) is 0 Å². The molecule has 0 aromatic heterocycles. The molecule has 1 aromatic rings. The monoisotopic (exact) mass is 434 g/mol. The molecule has 0 unspecified atom stereocenters. The van der Waals surface area contributed by atoms with Gasteiger partial charge >= 0.3 is 5.97 Å². The zero-order chi connectivity index (χ0) is 22.5. The van der Waals surface area contributed by atoms with Gasteiger partial charge in [0.1, 0.15) is 12.1 Å². The summed E-state index contributed by atoms with van der Waals surface area (Å²) in [5.41, 5.74) is 0.792. The molecule has 8 heteroatoms. The molecule has 30 heavy (non-hydrogen) atoms. The van der Waals surface area contributed by atoms with E-state index >= 15 is 0 Å². The number of carbonyl (C=O) groups excluding carboxylic acids is 3. The molecule has 0 heterocycles. The van der Waals surface area contributed by atoms with Crippen molar-refractivity contribution >= 4 is 41.2 Å². The minimum atomic E-state index is -1.13. The molecular formula is C22H30N2O5S. The molecule has 2 atom stereocenters. The highest BCUT2D eigenvalue weighted by molar-refractivity contribution is 7.80. The zero-order valence-electron chi connectivity index (χ0n) is 17.4. The van der Waals surface area contributed by atoms with E-state index < -0.39 is 24.0 Å². The van der Waals surface area contributed by atoms with Gasteiger partial charge in [-0.05, 0) is 30.7 Å². The predicted molar refractivity (Wildman–Crippen MR) is 118 cm³/mol. The van der Waals surface area contributed by atoms with E-state index in [-0.39, 0.29) is 30.4 Å². The molecule has 164 valence electrons. The maximum Gasteiger partial charge on any atom is 0.326 e. The number of ketones is 1. The maximum atomic E-state index is 12.7. The molecule has 0 radical (unpaired) electrons. The minimum absolute atomic E-state index is 0.124. The van der Waals surface area contributed by atoms with Crippen molar-refractivity contribution in [2.24, 2.45) is 5.92 Å². The molecule has 0 saturated carbocycles. The Bertz CT molecular complexity index is 736. The highest BCUT2D eigenvalue weighted by atomic mass is 32.1. The van der Waals surface area contributed by atoms with E-state index in [1.54, 1.807) is 24.3 Å². The summed E-state index contributed by atoms with van der Waals surface area (Å²) in [6, 6.07) is 7.12. The number of rotatable bonds is 14. The minimum Gasteiger partial charge on any atom is -0.480 e. The van der Waals surface area contributed by atoms with Crippen molar-refractivity contribution in [3.8, 4) is 0 Å². The van der Waals surface area contributed by atoms with Crippen molar-refractivity contribution in [3.05, 3.63) is 35.9 Å². The van der Waals surface area contributed by atoms with Crippen molar-refractivity contribution in [1.29, 1.82) is 0 Å². The fourth-order valence-electron chi connectivity index (χ4n) is 2.94. The third-order valence-corrected chi connectivity index (χ3v) is 4.73. The van der Waals surface area contributed by atoms with Gasteiger partial charge in [-0.25, -0.2) is 4.79 Å². The Morgan fingerprint density at radius 3 is 2.20 bits per heavy atom. The molecule has 0 saturated heterocycles. The number of hydrogen-bond acceptors (Lipinski definition) is 5. The Labute approximate surface area is 182 Å². The second-order valence-corrected chi connectivity index (χ2v) is 7.87. The molecule has 0 bridgehead atoms. The number of unbranched alkanes of at least 4 members (excludes halogenated alkanes) is 1. The van der Waals surface area contributed by atoms with Crippen molar-refractivity contribution in [2.75, 3.05) is 0 Å². The average molecular weight is 435 g/mol. The number of carboxylic acids is 1. The Morgan fingerprint density at radius 1 is 1.00 bits per heavy atom. The molecule has 7 nitrogen and oxygen atoms in total. The van der Waals surface area contributed by atoms with Gasteiger partial charge < -0.3 is 15.7 Å². The Morgan fingerprint density at radius 2 is 1.63 bits per heavy atom. The average Bonchev–Trinajstić information content (AvgIpc) is 2.70. The largest absolute Gasteiger partial charge is 0.480 e. The number of aliphatic carboxylic acids is 1. The summed E-state index contributed by atoms with van der Waals surface area (Å²) in [4.78, 5) is 47.8. The van der Waals surface area contributed by atoms with E-state index in [1.807, 2.05) is 19.9 Å². The number of carboxylic acid groups (broad SMARTS) is 1. The zero-order valence-corrected chi connectivity index (χ0v) is 18.2. The van der Waals surface area contributed by atoms with Crippen LogP contribution in [0.4, 0.5) is 0 Å². The van der Waals surface area contributed by atoms with Crippen molar-refractivity contribution < 1.29 is 24.3 Å². The Balaban J connectivity index is 2.67. The van der Waals surface area contributed by atoms with Gasteiger partial charge in [0.15, 0.2) is 5.78 Å². The van der Waals surface area contributed by atoms with Crippen LogP contribution in [0.15, 0.2) is 30.3 Å². The number of nitrogens with one attached hydrogen (secondary N) is 2. The second-order valence-electron chi connectivity index (χ2n) is 7.63. The summed E-state index contributed by atoms with van der Waals surface area (Å²) in [6.07, 6.45) is 2.06.